The summed E-state index contributed by atoms with van der Waals surface area (Å²) in [6, 6.07) is 14.6. The number of pyridine rings is 1. The average Bonchev–Trinajstić information content (AvgIpc) is 3.12. The summed E-state index contributed by atoms with van der Waals surface area (Å²) in [5.41, 5.74) is 4.27. The van der Waals surface area contributed by atoms with E-state index in [2.05, 4.69) is 27.4 Å². The quantitative estimate of drug-likeness (QED) is 0.463. The van der Waals surface area contributed by atoms with Crippen LogP contribution in [0.1, 0.15) is 15.9 Å². The fourth-order valence-electron chi connectivity index (χ4n) is 3.61. The first-order valence-corrected chi connectivity index (χ1v) is 10.1. The molecule has 0 spiro atoms. The molecule has 2 aromatic carbocycles. The Bertz CT molecular complexity index is 1380. The SMILES string of the molecule is COc1ccc2cc3c(nc2c1)N(NC(=O)c1cc2cc(Br)ccc2oc1=O)CC3. The van der Waals surface area contributed by atoms with Gasteiger partial charge in [0.2, 0.25) is 0 Å². The van der Waals surface area contributed by atoms with E-state index in [-0.39, 0.29) is 5.56 Å². The molecule has 0 atom stereocenters. The number of nitrogens with zero attached hydrogens (tertiary/aromatic N) is 2. The number of rotatable bonds is 3. The van der Waals surface area contributed by atoms with Gasteiger partial charge in [0.25, 0.3) is 5.91 Å². The zero-order valence-corrected chi connectivity index (χ0v) is 17.5. The first-order valence-electron chi connectivity index (χ1n) is 9.31. The molecule has 1 amide bonds. The van der Waals surface area contributed by atoms with Crippen LogP contribution >= 0.6 is 15.9 Å². The third-order valence-electron chi connectivity index (χ3n) is 5.12. The molecule has 3 heterocycles. The number of hydrogen-bond acceptors (Lipinski definition) is 6. The lowest BCUT2D eigenvalue weighted by Crippen LogP contribution is -2.43. The largest absolute Gasteiger partial charge is 0.497 e. The number of hydrazine groups is 1. The minimum atomic E-state index is -0.682. The molecular formula is C22H16BrN3O4. The number of methoxy groups -OCH3 is 1. The smallest absolute Gasteiger partial charge is 0.349 e. The van der Waals surface area contributed by atoms with Gasteiger partial charge < -0.3 is 9.15 Å². The van der Waals surface area contributed by atoms with Crippen LogP contribution in [0, 0.1) is 0 Å². The molecule has 1 N–H and O–H groups in total. The van der Waals surface area contributed by atoms with Crippen LogP contribution in [-0.4, -0.2) is 24.5 Å². The van der Waals surface area contributed by atoms with Gasteiger partial charge in [-0.1, -0.05) is 15.9 Å². The van der Waals surface area contributed by atoms with Gasteiger partial charge >= 0.3 is 5.63 Å². The molecule has 2 aromatic heterocycles. The van der Waals surface area contributed by atoms with Gasteiger partial charge in [-0.05, 0) is 54.4 Å². The Morgan fingerprint density at radius 3 is 2.87 bits per heavy atom. The highest BCUT2D eigenvalue weighted by atomic mass is 79.9. The number of hydrogen-bond donors (Lipinski definition) is 1. The van der Waals surface area contributed by atoms with Crippen LogP contribution in [0.25, 0.3) is 21.9 Å². The summed E-state index contributed by atoms with van der Waals surface area (Å²) in [6.07, 6.45) is 0.740. The van der Waals surface area contributed by atoms with Crippen molar-refractivity contribution in [2.75, 3.05) is 18.7 Å². The van der Waals surface area contributed by atoms with Gasteiger partial charge in [0, 0.05) is 27.9 Å². The lowest BCUT2D eigenvalue weighted by molar-refractivity contribution is 0.0946. The molecule has 8 heteroatoms. The van der Waals surface area contributed by atoms with Gasteiger partial charge in [-0.25, -0.2) is 9.78 Å². The van der Waals surface area contributed by atoms with Gasteiger partial charge in [-0.3, -0.25) is 15.2 Å². The summed E-state index contributed by atoms with van der Waals surface area (Å²) in [5.74, 6) is 0.839. The van der Waals surface area contributed by atoms with Crippen molar-refractivity contribution in [3.63, 3.8) is 0 Å². The highest BCUT2D eigenvalue weighted by Crippen LogP contribution is 2.30. The maximum atomic E-state index is 12.9. The fraction of sp³-hybridized carbons (Fsp3) is 0.136. The summed E-state index contributed by atoms with van der Waals surface area (Å²) < 4.78 is 11.4. The lowest BCUT2D eigenvalue weighted by atomic mass is 10.1. The van der Waals surface area contributed by atoms with Crippen LogP contribution in [0.5, 0.6) is 5.75 Å². The highest BCUT2D eigenvalue weighted by molar-refractivity contribution is 9.10. The summed E-state index contributed by atoms with van der Waals surface area (Å²) >= 11 is 3.39. The van der Waals surface area contributed by atoms with Crippen LogP contribution in [0.3, 0.4) is 0 Å². The third-order valence-corrected chi connectivity index (χ3v) is 5.61. The van der Waals surface area contributed by atoms with E-state index in [1.54, 1.807) is 30.3 Å². The van der Waals surface area contributed by atoms with Crippen molar-refractivity contribution >= 4 is 49.5 Å². The van der Waals surface area contributed by atoms with Crippen molar-refractivity contribution in [1.29, 1.82) is 0 Å². The Hall–Kier alpha value is -3.39. The van der Waals surface area contributed by atoms with E-state index in [0.29, 0.717) is 29.1 Å². The first kappa shape index (κ1) is 18.6. The molecule has 0 unspecified atom stereocenters. The normalized spacial score (nSPS) is 12.9. The number of carbonyl (C=O) groups excluding carboxylic acids is 1. The van der Waals surface area contributed by atoms with Crippen LogP contribution in [0.4, 0.5) is 5.82 Å². The van der Waals surface area contributed by atoms with E-state index in [4.69, 9.17) is 14.1 Å². The second-order valence-electron chi connectivity index (χ2n) is 7.00. The molecule has 1 aliphatic rings. The van der Waals surface area contributed by atoms with E-state index >= 15 is 0 Å². The minimum Gasteiger partial charge on any atom is -0.497 e. The molecular weight excluding hydrogens is 450 g/mol. The molecule has 0 saturated carbocycles. The number of amides is 1. The Morgan fingerprint density at radius 2 is 2.03 bits per heavy atom. The Morgan fingerprint density at radius 1 is 1.17 bits per heavy atom. The molecule has 5 rings (SSSR count). The average molecular weight is 466 g/mol. The molecule has 0 aliphatic carbocycles. The zero-order chi connectivity index (χ0) is 20.8. The van der Waals surface area contributed by atoms with Crippen molar-refractivity contribution in [3.8, 4) is 5.75 Å². The summed E-state index contributed by atoms with van der Waals surface area (Å²) in [6.45, 7) is 0.562. The Kier molecular flexibility index (Phi) is 4.43. The van der Waals surface area contributed by atoms with Crippen molar-refractivity contribution in [2.45, 2.75) is 6.42 Å². The molecule has 0 saturated heterocycles. The third kappa shape index (κ3) is 3.19. The zero-order valence-electron chi connectivity index (χ0n) is 15.9. The molecule has 30 heavy (non-hydrogen) atoms. The first-order chi connectivity index (χ1) is 14.5. The van der Waals surface area contributed by atoms with Gasteiger partial charge in [0.05, 0.1) is 12.6 Å². The molecule has 1 aliphatic heterocycles. The monoisotopic (exact) mass is 465 g/mol. The molecule has 150 valence electrons. The molecule has 7 nitrogen and oxygen atoms in total. The van der Waals surface area contributed by atoms with E-state index < -0.39 is 11.5 Å². The Balaban J connectivity index is 1.48. The second-order valence-corrected chi connectivity index (χ2v) is 7.92. The summed E-state index contributed by atoms with van der Waals surface area (Å²) in [7, 11) is 1.61. The fourth-order valence-corrected chi connectivity index (χ4v) is 3.99. The lowest BCUT2D eigenvalue weighted by Gasteiger charge is -2.19. The molecule has 0 radical (unpaired) electrons. The predicted octanol–water partition coefficient (Wildman–Crippen LogP) is 3.82. The number of aromatic nitrogens is 1. The number of anilines is 1. The van der Waals surface area contributed by atoms with Gasteiger partial charge in [0.15, 0.2) is 5.82 Å². The summed E-state index contributed by atoms with van der Waals surface area (Å²) in [4.78, 5) is 29.9. The second kappa shape index (κ2) is 7.14. The number of halogens is 1. The van der Waals surface area contributed by atoms with Crippen LogP contribution in [-0.2, 0) is 6.42 Å². The van der Waals surface area contributed by atoms with Gasteiger partial charge in [0.1, 0.15) is 16.9 Å². The standard InChI is InChI=1S/C22H16BrN3O4/c1-29-16-4-2-12-8-13-6-7-26(20(13)24-18(12)11-16)25-21(27)17-10-14-9-15(23)3-5-19(14)30-22(17)28/h2-5,8-11H,6-7H2,1H3,(H,25,27). The number of benzene rings is 2. The maximum Gasteiger partial charge on any atom is 0.349 e. The van der Waals surface area contributed by atoms with Gasteiger partial charge in [-0.15, -0.1) is 0 Å². The number of nitrogens with one attached hydrogen (secondary N) is 1. The van der Waals surface area contributed by atoms with E-state index in [1.807, 2.05) is 18.2 Å². The van der Waals surface area contributed by atoms with E-state index in [9.17, 15) is 9.59 Å². The minimum absolute atomic E-state index is 0.0588. The molecule has 0 fully saturated rings. The Labute approximate surface area is 179 Å². The highest BCUT2D eigenvalue weighted by Gasteiger charge is 2.25. The number of ether oxygens (including phenoxy) is 1. The summed E-state index contributed by atoms with van der Waals surface area (Å²) in [5, 5.41) is 3.33. The van der Waals surface area contributed by atoms with E-state index in [1.165, 1.54) is 6.07 Å². The van der Waals surface area contributed by atoms with Crippen molar-refractivity contribution < 1.29 is 13.9 Å². The van der Waals surface area contributed by atoms with Gasteiger partial charge in [-0.2, -0.15) is 0 Å². The predicted molar refractivity (Wildman–Crippen MR) is 117 cm³/mol. The topological polar surface area (TPSA) is 84.7 Å². The van der Waals surface area contributed by atoms with E-state index in [0.717, 1.165) is 27.4 Å². The van der Waals surface area contributed by atoms with Crippen molar-refractivity contribution in [3.05, 3.63) is 74.6 Å². The van der Waals surface area contributed by atoms with Crippen molar-refractivity contribution in [1.82, 2.24) is 10.4 Å². The van der Waals surface area contributed by atoms with Crippen LogP contribution in [0.15, 0.2) is 62.2 Å². The number of carbonyl (C=O) groups is 1. The van der Waals surface area contributed by atoms with Crippen LogP contribution in [0.2, 0.25) is 0 Å². The molecule has 4 aromatic rings. The van der Waals surface area contributed by atoms with Crippen molar-refractivity contribution in [2.24, 2.45) is 0 Å². The maximum absolute atomic E-state index is 12.9. The molecule has 0 bridgehead atoms. The van der Waals surface area contributed by atoms with Crippen LogP contribution < -0.4 is 20.8 Å². The number of fused-ring (bicyclic) bond motifs is 3.